The summed E-state index contributed by atoms with van der Waals surface area (Å²) in [5, 5.41) is 93.5. The molecule has 10 N–H and O–H groups in total. The fourth-order valence-electron chi connectivity index (χ4n) is 7.62. The molecule has 8 unspecified atom stereocenters. The van der Waals surface area contributed by atoms with Crippen molar-refractivity contribution in [1.29, 1.82) is 0 Å². The van der Waals surface area contributed by atoms with E-state index in [2.05, 4.69) is 0 Å². The van der Waals surface area contributed by atoms with Crippen molar-refractivity contribution in [1.82, 2.24) is 0 Å². The molecule has 5 rings (SSSR count). The molecule has 13 atom stereocenters. The van der Waals surface area contributed by atoms with E-state index in [4.69, 9.17) is 18.9 Å². The summed E-state index contributed by atoms with van der Waals surface area (Å²) in [6.07, 6.45) is -8.43. The molecule has 0 radical (unpaired) electrons. The standard InChI is InChI=1S/C30H48O14/c31-15-4-1-13(2-5-15)3-6-24(36)41-12-23-26(38)27(39)28(40)30(44-23)43-22-11-17-18(33)9-16(32)10-21(17)42-29(22)14-7-19(34)25(37)20(35)8-14/h3,6,13-23,25-35,37-40H,1-2,4-5,7-12H2/p+1/t13?,14?,15?,16?,17?,18?,19?,20?,21?,22?,23-,25?,26+,27-,28+,29?,30+/m0/s1. The van der Waals surface area contributed by atoms with Crippen LogP contribution < -0.4 is 0 Å². The predicted octanol–water partition coefficient (Wildman–Crippen LogP) is -2.88. The number of hydrogen-bond donors (Lipinski definition) is 9. The van der Waals surface area contributed by atoms with E-state index >= 15 is 0 Å². The lowest BCUT2D eigenvalue weighted by Gasteiger charge is -2.48. The highest BCUT2D eigenvalue weighted by atomic mass is 16.7. The summed E-state index contributed by atoms with van der Waals surface area (Å²) in [7, 11) is 0. The lowest BCUT2D eigenvalue weighted by Crippen LogP contribution is -2.63. The highest BCUT2D eigenvalue weighted by molar-refractivity contribution is 5.81. The summed E-state index contributed by atoms with van der Waals surface area (Å²) in [5.41, 5.74) is 0. The number of fused-ring (bicyclic) bond motifs is 1. The molecule has 2 saturated heterocycles. The highest BCUT2D eigenvalue weighted by Crippen LogP contribution is 2.42. The van der Waals surface area contributed by atoms with E-state index in [0.29, 0.717) is 19.3 Å². The molecule has 14 nitrogen and oxygen atoms in total. The highest BCUT2D eigenvalue weighted by Gasteiger charge is 2.55. The predicted molar refractivity (Wildman–Crippen MR) is 150 cm³/mol. The van der Waals surface area contributed by atoms with E-state index in [-0.39, 0.29) is 43.6 Å². The molecule has 0 amide bonds. The molecule has 2 aliphatic heterocycles. The van der Waals surface area contributed by atoms with Gasteiger partial charge in [-0.15, -0.1) is 0 Å². The Morgan fingerprint density at radius 1 is 0.750 bits per heavy atom. The van der Waals surface area contributed by atoms with Crippen LogP contribution in [0.2, 0.25) is 0 Å². The number of carbonyl (C=O) groups is 1. The van der Waals surface area contributed by atoms with Crippen LogP contribution in [0.5, 0.6) is 0 Å². The van der Waals surface area contributed by atoms with Gasteiger partial charge in [0.05, 0.1) is 36.4 Å². The van der Waals surface area contributed by atoms with Gasteiger partial charge in [0.2, 0.25) is 0 Å². The number of rotatable bonds is 7. The van der Waals surface area contributed by atoms with Crippen LogP contribution >= 0.6 is 0 Å². The van der Waals surface area contributed by atoms with Gasteiger partial charge >= 0.3 is 5.97 Å². The maximum absolute atomic E-state index is 12.4. The maximum atomic E-state index is 12.4. The van der Waals surface area contributed by atoms with Crippen LogP contribution in [-0.2, 0) is 19.0 Å². The van der Waals surface area contributed by atoms with Gasteiger partial charge in [-0.2, -0.15) is 0 Å². The molecule has 2 heterocycles. The minimum absolute atomic E-state index is 0.109. The van der Waals surface area contributed by atoms with E-state index < -0.39 is 98.0 Å². The van der Waals surface area contributed by atoms with Gasteiger partial charge in [-0.3, -0.25) is 0 Å². The van der Waals surface area contributed by atoms with Crippen LogP contribution in [0, 0.1) is 17.8 Å². The Morgan fingerprint density at radius 2 is 1.43 bits per heavy atom. The van der Waals surface area contributed by atoms with Gasteiger partial charge < -0.3 is 64.9 Å². The average molecular weight is 634 g/mol. The Bertz CT molecular complexity index is 961. The van der Waals surface area contributed by atoms with Gasteiger partial charge in [0, 0.05) is 24.8 Å². The SMILES string of the molecule is O=C(C=CC1CCC(O)CC1)OC[C@@H]1O[C@@H](OC2CC3C(O)CC(O)CC3[OH+]C2C2CC(O)C(O)C(O)C2)[C@H](O)[C@@H](O)[C@@H]1O. The summed E-state index contributed by atoms with van der Waals surface area (Å²) in [5.74, 6) is -1.35. The van der Waals surface area contributed by atoms with Crippen molar-refractivity contribution >= 4 is 5.97 Å². The number of aliphatic hydroxyl groups excluding tert-OH is 9. The minimum Gasteiger partial charge on any atom is -0.460 e. The maximum Gasteiger partial charge on any atom is 0.330 e. The Kier molecular flexibility index (Phi) is 11.3. The van der Waals surface area contributed by atoms with Crippen LogP contribution in [-0.4, -0.2) is 149 Å². The van der Waals surface area contributed by atoms with Crippen LogP contribution in [0.4, 0.5) is 0 Å². The third-order valence-electron chi connectivity index (χ3n) is 10.2. The van der Waals surface area contributed by atoms with Crippen molar-refractivity contribution < 1.29 is 69.7 Å². The minimum atomic E-state index is -1.70. The molecule has 5 fully saturated rings. The van der Waals surface area contributed by atoms with E-state index in [1.807, 2.05) is 0 Å². The van der Waals surface area contributed by atoms with Crippen LogP contribution in [0.1, 0.15) is 57.8 Å². The van der Waals surface area contributed by atoms with Crippen LogP contribution in [0.3, 0.4) is 0 Å². The normalized spacial score (nSPS) is 50.2. The van der Waals surface area contributed by atoms with E-state index in [1.165, 1.54) is 6.08 Å². The Hall–Kier alpha value is -1.27. The topological polar surface area (TPSA) is 240 Å². The van der Waals surface area contributed by atoms with Gasteiger partial charge in [-0.25, -0.2) is 4.79 Å². The smallest absolute Gasteiger partial charge is 0.330 e. The molecule has 0 spiro atoms. The lowest BCUT2D eigenvalue weighted by molar-refractivity contribution is -0.357. The van der Waals surface area contributed by atoms with Gasteiger partial charge in [0.1, 0.15) is 43.2 Å². The van der Waals surface area contributed by atoms with Crippen molar-refractivity contribution in [3.05, 3.63) is 12.2 Å². The van der Waals surface area contributed by atoms with Crippen molar-refractivity contribution in [3.8, 4) is 0 Å². The number of aliphatic hydroxyl groups is 11. The number of ether oxygens (including phenoxy) is 4. The molecule has 3 aliphatic carbocycles. The van der Waals surface area contributed by atoms with Gasteiger partial charge in [-0.1, -0.05) is 6.08 Å². The lowest BCUT2D eigenvalue weighted by atomic mass is 9.72. The Balaban J connectivity index is 1.25. The fraction of sp³-hybridized carbons (Fsp3) is 0.900. The van der Waals surface area contributed by atoms with E-state index in [0.717, 1.165) is 12.8 Å². The summed E-state index contributed by atoms with van der Waals surface area (Å²) < 4.78 is 22.2. The second kappa shape index (κ2) is 14.7. The van der Waals surface area contributed by atoms with Crippen LogP contribution in [0.15, 0.2) is 12.2 Å². The van der Waals surface area contributed by atoms with Crippen molar-refractivity contribution in [2.45, 2.75) is 143 Å². The molecular weight excluding hydrogens is 584 g/mol. The Labute approximate surface area is 255 Å². The quantitative estimate of drug-likeness (QED) is 0.0779. The zero-order valence-electron chi connectivity index (χ0n) is 24.6. The molecule has 252 valence electrons. The zero-order chi connectivity index (χ0) is 31.7. The molecule has 0 aromatic heterocycles. The summed E-state index contributed by atoms with van der Waals surface area (Å²) in [6, 6.07) is 0. The van der Waals surface area contributed by atoms with Crippen molar-refractivity contribution in [2.24, 2.45) is 17.8 Å². The summed E-state index contributed by atoms with van der Waals surface area (Å²) >= 11 is 0. The first kappa shape index (κ1) is 34.1. The molecule has 0 bridgehead atoms. The summed E-state index contributed by atoms with van der Waals surface area (Å²) in [4.78, 5) is 12.4. The van der Waals surface area contributed by atoms with Gasteiger partial charge in [0.25, 0.3) is 0 Å². The van der Waals surface area contributed by atoms with Crippen LogP contribution in [0.25, 0.3) is 0 Å². The number of hydrogen-bond acceptors (Lipinski definition) is 13. The second-order valence-electron chi connectivity index (χ2n) is 13.4. The second-order valence-corrected chi connectivity index (χ2v) is 13.4. The first-order chi connectivity index (χ1) is 20.9. The molecule has 0 aromatic rings. The van der Waals surface area contributed by atoms with E-state index in [9.17, 15) is 50.8 Å². The largest absolute Gasteiger partial charge is 0.460 e. The molecular formula is C30H49O14+. The van der Waals surface area contributed by atoms with Crippen molar-refractivity contribution in [2.75, 3.05) is 6.61 Å². The van der Waals surface area contributed by atoms with Gasteiger partial charge in [0.15, 0.2) is 18.5 Å². The summed E-state index contributed by atoms with van der Waals surface area (Å²) in [6.45, 7) is -0.434. The third kappa shape index (κ3) is 7.81. The number of esters is 1. The first-order valence-corrected chi connectivity index (χ1v) is 15.9. The number of allylic oxidation sites excluding steroid dienone is 1. The fourth-order valence-corrected chi connectivity index (χ4v) is 7.62. The zero-order valence-corrected chi connectivity index (χ0v) is 24.6. The van der Waals surface area contributed by atoms with Gasteiger partial charge in [-0.05, 0) is 50.9 Å². The average Bonchev–Trinajstić information content (AvgIpc) is 2.98. The monoisotopic (exact) mass is 633 g/mol. The van der Waals surface area contributed by atoms with Crippen molar-refractivity contribution in [3.63, 3.8) is 0 Å². The van der Waals surface area contributed by atoms with E-state index in [1.54, 1.807) is 6.08 Å². The molecule has 0 aromatic carbocycles. The third-order valence-corrected chi connectivity index (χ3v) is 10.2. The Morgan fingerprint density at radius 3 is 2.11 bits per heavy atom. The number of carbonyl (C=O) groups excluding carboxylic acids is 1. The first-order valence-electron chi connectivity index (χ1n) is 15.9. The molecule has 44 heavy (non-hydrogen) atoms. The molecule has 3 saturated carbocycles. The molecule has 5 aliphatic rings. The molecule has 14 heteroatoms.